The number of rotatable bonds is 6. The van der Waals surface area contributed by atoms with Crippen molar-refractivity contribution in [3.8, 4) is 0 Å². The summed E-state index contributed by atoms with van der Waals surface area (Å²) in [5.41, 5.74) is 0.131. The van der Waals surface area contributed by atoms with Crippen molar-refractivity contribution in [1.82, 2.24) is 5.32 Å². The Morgan fingerprint density at radius 2 is 2.05 bits per heavy atom. The number of nitrogens with one attached hydrogen (secondary N) is 1. The van der Waals surface area contributed by atoms with Crippen LogP contribution in [0.15, 0.2) is 12.2 Å². The van der Waals surface area contributed by atoms with Gasteiger partial charge in [0.05, 0.1) is 5.60 Å². The quantitative estimate of drug-likeness (QED) is 0.593. The molecule has 0 saturated carbocycles. The highest BCUT2D eigenvalue weighted by molar-refractivity contribution is 4.97. The molecular weight excluding hydrogens is 238 g/mol. The minimum absolute atomic E-state index is 0.131. The molecule has 2 fully saturated rings. The predicted molar refractivity (Wildman–Crippen MR) is 78.4 cm³/mol. The largest absolute Gasteiger partial charge is 0.381 e. The second kappa shape index (κ2) is 8.03. The third-order valence-corrected chi connectivity index (χ3v) is 4.26. The molecule has 1 unspecified atom stereocenters. The average Bonchev–Trinajstić information content (AvgIpc) is 2.44. The molecule has 1 spiro atoms. The first-order valence-electron chi connectivity index (χ1n) is 7.94. The van der Waals surface area contributed by atoms with Crippen LogP contribution in [0.2, 0.25) is 0 Å². The van der Waals surface area contributed by atoms with E-state index in [1.165, 1.54) is 19.3 Å². The van der Waals surface area contributed by atoms with Gasteiger partial charge >= 0.3 is 0 Å². The van der Waals surface area contributed by atoms with Gasteiger partial charge in [-0.2, -0.15) is 0 Å². The molecule has 3 nitrogen and oxygen atoms in total. The fraction of sp³-hybridized carbons (Fsp3) is 0.875. The van der Waals surface area contributed by atoms with Crippen LogP contribution in [-0.4, -0.2) is 38.5 Å². The number of hydrogen-bond donors (Lipinski definition) is 1. The van der Waals surface area contributed by atoms with Gasteiger partial charge in [-0.1, -0.05) is 19.1 Å². The van der Waals surface area contributed by atoms with Gasteiger partial charge in [-0.25, -0.2) is 0 Å². The molecule has 2 heterocycles. The Balaban J connectivity index is 1.70. The van der Waals surface area contributed by atoms with E-state index in [9.17, 15) is 0 Å². The van der Waals surface area contributed by atoms with E-state index in [0.29, 0.717) is 5.92 Å². The molecule has 1 N–H and O–H groups in total. The zero-order chi connectivity index (χ0) is 13.4. The van der Waals surface area contributed by atoms with Crippen molar-refractivity contribution in [3.05, 3.63) is 12.2 Å². The standard InChI is InChI=1S/C16H29NO2/c1-2-9-17-10-4-3-5-15-6-11-19-16(14-15)7-12-18-13-8-16/h3,5,15,17H,2,4,6-14H2,1H3. The molecule has 1 atom stereocenters. The smallest absolute Gasteiger partial charge is 0.0732 e. The predicted octanol–water partition coefficient (Wildman–Crippen LogP) is 2.91. The Hall–Kier alpha value is -0.380. The van der Waals surface area contributed by atoms with Gasteiger partial charge in [-0.05, 0) is 57.5 Å². The lowest BCUT2D eigenvalue weighted by atomic mass is 9.80. The van der Waals surface area contributed by atoms with Crippen molar-refractivity contribution in [2.75, 3.05) is 32.9 Å². The topological polar surface area (TPSA) is 30.5 Å². The second-order valence-electron chi connectivity index (χ2n) is 5.86. The summed E-state index contributed by atoms with van der Waals surface area (Å²) in [6, 6.07) is 0. The van der Waals surface area contributed by atoms with E-state index in [1.54, 1.807) is 0 Å². The molecule has 19 heavy (non-hydrogen) atoms. The van der Waals surface area contributed by atoms with Gasteiger partial charge in [-0.15, -0.1) is 0 Å². The van der Waals surface area contributed by atoms with Gasteiger partial charge in [0.25, 0.3) is 0 Å². The zero-order valence-electron chi connectivity index (χ0n) is 12.3. The molecular formula is C16H29NO2. The lowest BCUT2D eigenvalue weighted by Crippen LogP contribution is -2.44. The van der Waals surface area contributed by atoms with Crippen LogP contribution in [0, 0.1) is 5.92 Å². The number of hydrogen-bond acceptors (Lipinski definition) is 3. The summed E-state index contributed by atoms with van der Waals surface area (Å²) >= 11 is 0. The van der Waals surface area contributed by atoms with Crippen LogP contribution in [0.4, 0.5) is 0 Å². The maximum Gasteiger partial charge on any atom is 0.0732 e. The van der Waals surface area contributed by atoms with Crippen LogP contribution in [0.1, 0.15) is 45.4 Å². The van der Waals surface area contributed by atoms with Crippen molar-refractivity contribution in [2.24, 2.45) is 5.92 Å². The second-order valence-corrected chi connectivity index (χ2v) is 5.86. The van der Waals surface area contributed by atoms with Crippen LogP contribution in [0.25, 0.3) is 0 Å². The van der Waals surface area contributed by atoms with Crippen LogP contribution >= 0.6 is 0 Å². The summed E-state index contributed by atoms with van der Waals surface area (Å²) in [6.07, 6.45) is 11.7. The molecule has 2 rings (SSSR count). The molecule has 0 radical (unpaired) electrons. The van der Waals surface area contributed by atoms with Gasteiger partial charge in [-0.3, -0.25) is 0 Å². The maximum atomic E-state index is 6.07. The van der Waals surface area contributed by atoms with Crippen molar-refractivity contribution in [3.63, 3.8) is 0 Å². The Morgan fingerprint density at radius 1 is 1.21 bits per heavy atom. The fourth-order valence-electron chi connectivity index (χ4n) is 3.10. The highest BCUT2D eigenvalue weighted by Crippen LogP contribution is 2.37. The van der Waals surface area contributed by atoms with Crippen molar-refractivity contribution in [2.45, 2.75) is 51.0 Å². The van der Waals surface area contributed by atoms with Gasteiger partial charge in [0.15, 0.2) is 0 Å². The van der Waals surface area contributed by atoms with Crippen molar-refractivity contribution in [1.29, 1.82) is 0 Å². The lowest BCUT2D eigenvalue weighted by Gasteiger charge is -2.42. The Bertz CT molecular complexity index is 266. The minimum atomic E-state index is 0.131. The summed E-state index contributed by atoms with van der Waals surface area (Å²) in [6.45, 7) is 7.11. The molecule has 2 saturated heterocycles. The molecule has 2 aliphatic heterocycles. The molecule has 0 aromatic rings. The Labute approximate surface area is 117 Å². The number of allylic oxidation sites excluding steroid dienone is 1. The van der Waals surface area contributed by atoms with Gasteiger partial charge in [0.2, 0.25) is 0 Å². The third-order valence-electron chi connectivity index (χ3n) is 4.26. The highest BCUT2D eigenvalue weighted by Gasteiger charge is 2.38. The monoisotopic (exact) mass is 267 g/mol. The van der Waals surface area contributed by atoms with Gasteiger partial charge < -0.3 is 14.8 Å². The highest BCUT2D eigenvalue weighted by atomic mass is 16.5. The average molecular weight is 267 g/mol. The van der Waals surface area contributed by atoms with E-state index in [2.05, 4.69) is 24.4 Å². The van der Waals surface area contributed by atoms with Gasteiger partial charge in [0, 0.05) is 19.8 Å². The first-order valence-corrected chi connectivity index (χ1v) is 7.94. The fourth-order valence-corrected chi connectivity index (χ4v) is 3.10. The number of ether oxygens (including phenoxy) is 2. The molecule has 0 aromatic heterocycles. The van der Waals surface area contributed by atoms with Crippen LogP contribution < -0.4 is 5.32 Å². The van der Waals surface area contributed by atoms with Crippen LogP contribution in [0.3, 0.4) is 0 Å². The van der Waals surface area contributed by atoms with Crippen LogP contribution in [0.5, 0.6) is 0 Å². The maximum absolute atomic E-state index is 6.07. The van der Waals surface area contributed by atoms with Crippen LogP contribution in [-0.2, 0) is 9.47 Å². The molecule has 0 aliphatic carbocycles. The van der Waals surface area contributed by atoms with E-state index in [-0.39, 0.29) is 5.60 Å². The van der Waals surface area contributed by atoms with E-state index in [0.717, 1.165) is 52.2 Å². The van der Waals surface area contributed by atoms with E-state index >= 15 is 0 Å². The lowest BCUT2D eigenvalue weighted by molar-refractivity contribution is -0.141. The Kier molecular flexibility index (Phi) is 6.35. The zero-order valence-corrected chi connectivity index (χ0v) is 12.3. The summed E-state index contributed by atoms with van der Waals surface area (Å²) in [5, 5.41) is 3.44. The first-order chi connectivity index (χ1) is 9.35. The summed E-state index contributed by atoms with van der Waals surface area (Å²) in [5.74, 6) is 0.707. The normalized spacial score (nSPS) is 27.1. The minimum Gasteiger partial charge on any atom is -0.381 e. The van der Waals surface area contributed by atoms with E-state index < -0.39 is 0 Å². The third kappa shape index (κ3) is 4.90. The molecule has 0 amide bonds. The van der Waals surface area contributed by atoms with E-state index in [1.807, 2.05) is 0 Å². The van der Waals surface area contributed by atoms with Crippen molar-refractivity contribution < 1.29 is 9.47 Å². The molecule has 0 bridgehead atoms. The summed E-state index contributed by atoms with van der Waals surface area (Å²) in [4.78, 5) is 0. The molecule has 3 heteroatoms. The molecule has 0 aromatic carbocycles. The SMILES string of the molecule is CCCNCCC=CC1CCOC2(CCOCC2)C1. The summed E-state index contributed by atoms with van der Waals surface area (Å²) < 4.78 is 11.5. The molecule has 110 valence electrons. The van der Waals surface area contributed by atoms with Gasteiger partial charge in [0.1, 0.15) is 0 Å². The Morgan fingerprint density at radius 3 is 2.84 bits per heavy atom. The molecule has 2 aliphatic rings. The summed E-state index contributed by atoms with van der Waals surface area (Å²) in [7, 11) is 0. The first kappa shape index (κ1) is 15.0. The van der Waals surface area contributed by atoms with E-state index in [4.69, 9.17) is 9.47 Å². The van der Waals surface area contributed by atoms with Crippen molar-refractivity contribution >= 4 is 0 Å².